The van der Waals surface area contributed by atoms with Crippen molar-refractivity contribution < 1.29 is 0 Å². The van der Waals surface area contributed by atoms with Crippen LogP contribution >= 0.6 is 12.2 Å². The lowest BCUT2D eigenvalue weighted by molar-refractivity contribution is 0.384. The molecule has 86 valence electrons. The van der Waals surface area contributed by atoms with Crippen LogP contribution in [0.5, 0.6) is 0 Å². The van der Waals surface area contributed by atoms with Gasteiger partial charge in [-0.3, -0.25) is 0 Å². The van der Waals surface area contributed by atoms with E-state index in [-0.39, 0.29) is 5.54 Å². The summed E-state index contributed by atoms with van der Waals surface area (Å²) in [6, 6.07) is 0.645. The van der Waals surface area contributed by atoms with Crippen molar-refractivity contribution in [2.24, 2.45) is 11.8 Å². The van der Waals surface area contributed by atoms with Crippen LogP contribution in [0.4, 0.5) is 0 Å². The van der Waals surface area contributed by atoms with Crippen LogP contribution in [-0.2, 0) is 0 Å². The Kier molecular flexibility index (Phi) is 2.93. The fourth-order valence-electron chi connectivity index (χ4n) is 2.97. The topological polar surface area (TPSA) is 24.1 Å². The first-order valence-corrected chi connectivity index (χ1v) is 6.43. The van der Waals surface area contributed by atoms with Crippen molar-refractivity contribution in [1.29, 1.82) is 0 Å². The summed E-state index contributed by atoms with van der Waals surface area (Å²) < 4.78 is 0. The third kappa shape index (κ3) is 2.83. The van der Waals surface area contributed by atoms with Crippen LogP contribution in [0.3, 0.4) is 0 Å². The van der Waals surface area contributed by atoms with E-state index in [0.29, 0.717) is 6.04 Å². The van der Waals surface area contributed by atoms with E-state index in [1.807, 2.05) is 0 Å². The van der Waals surface area contributed by atoms with Crippen LogP contribution in [0.15, 0.2) is 0 Å². The lowest BCUT2D eigenvalue weighted by atomic mass is 9.95. The second kappa shape index (κ2) is 3.93. The Morgan fingerprint density at radius 2 is 1.93 bits per heavy atom. The first kappa shape index (κ1) is 11.2. The maximum absolute atomic E-state index is 5.33. The third-order valence-electron chi connectivity index (χ3n) is 3.54. The van der Waals surface area contributed by atoms with E-state index >= 15 is 0 Å². The molecule has 2 bridgehead atoms. The summed E-state index contributed by atoms with van der Waals surface area (Å²) in [7, 11) is 0. The predicted molar refractivity (Wildman–Crippen MR) is 67.9 cm³/mol. The van der Waals surface area contributed by atoms with Crippen molar-refractivity contribution in [1.82, 2.24) is 10.6 Å². The number of rotatable bonds is 1. The molecule has 0 aromatic carbocycles. The summed E-state index contributed by atoms with van der Waals surface area (Å²) in [5.41, 5.74) is 0.0711. The van der Waals surface area contributed by atoms with Gasteiger partial charge < -0.3 is 10.6 Å². The molecule has 0 radical (unpaired) electrons. The van der Waals surface area contributed by atoms with Crippen molar-refractivity contribution in [2.45, 2.75) is 58.0 Å². The molecule has 2 aliphatic rings. The van der Waals surface area contributed by atoms with Crippen LogP contribution < -0.4 is 10.6 Å². The molecule has 0 spiro atoms. The van der Waals surface area contributed by atoms with Gasteiger partial charge in [-0.15, -0.1) is 0 Å². The van der Waals surface area contributed by atoms with Crippen molar-refractivity contribution in [3.05, 3.63) is 0 Å². The molecular weight excluding hydrogens is 204 g/mol. The Morgan fingerprint density at radius 3 is 2.40 bits per heavy atom. The number of hydrogen-bond acceptors (Lipinski definition) is 1. The van der Waals surface area contributed by atoms with Gasteiger partial charge in [0.05, 0.1) is 0 Å². The first-order valence-electron chi connectivity index (χ1n) is 6.03. The van der Waals surface area contributed by atoms with Gasteiger partial charge in [-0.1, -0.05) is 6.42 Å². The molecule has 15 heavy (non-hydrogen) atoms. The van der Waals surface area contributed by atoms with Crippen LogP contribution in [0.2, 0.25) is 0 Å². The summed E-state index contributed by atoms with van der Waals surface area (Å²) in [5, 5.41) is 7.65. The monoisotopic (exact) mass is 226 g/mol. The molecular formula is C12H22N2S. The van der Waals surface area contributed by atoms with Crippen molar-refractivity contribution >= 4 is 17.3 Å². The molecule has 2 fully saturated rings. The Hall–Kier alpha value is -0.310. The van der Waals surface area contributed by atoms with E-state index in [1.54, 1.807) is 0 Å². The van der Waals surface area contributed by atoms with Gasteiger partial charge in [-0.25, -0.2) is 0 Å². The Morgan fingerprint density at radius 1 is 1.20 bits per heavy atom. The fourth-order valence-corrected chi connectivity index (χ4v) is 3.42. The van der Waals surface area contributed by atoms with Crippen LogP contribution in [0, 0.1) is 11.8 Å². The molecule has 2 aliphatic carbocycles. The molecule has 2 N–H and O–H groups in total. The van der Waals surface area contributed by atoms with Gasteiger partial charge in [0.25, 0.3) is 0 Å². The largest absolute Gasteiger partial charge is 0.360 e. The molecule has 0 amide bonds. The highest BCUT2D eigenvalue weighted by molar-refractivity contribution is 7.80. The molecule has 0 aromatic rings. The lowest BCUT2D eigenvalue weighted by Gasteiger charge is -2.28. The fraction of sp³-hybridized carbons (Fsp3) is 0.917. The quantitative estimate of drug-likeness (QED) is 0.672. The molecule has 3 heteroatoms. The highest BCUT2D eigenvalue weighted by Gasteiger charge is 2.39. The summed E-state index contributed by atoms with van der Waals surface area (Å²) in [6.07, 6.45) is 5.61. The van der Waals surface area contributed by atoms with Crippen LogP contribution in [0.25, 0.3) is 0 Å². The molecule has 0 saturated heterocycles. The zero-order valence-electron chi connectivity index (χ0n) is 9.97. The van der Waals surface area contributed by atoms with E-state index in [0.717, 1.165) is 16.9 Å². The van der Waals surface area contributed by atoms with Crippen LogP contribution in [0.1, 0.15) is 46.5 Å². The highest BCUT2D eigenvalue weighted by Crippen LogP contribution is 2.44. The van der Waals surface area contributed by atoms with E-state index in [2.05, 4.69) is 31.4 Å². The molecule has 0 heterocycles. The zero-order valence-corrected chi connectivity index (χ0v) is 10.8. The molecule has 3 atom stereocenters. The SMILES string of the molecule is CC(C)(C)NC(=S)N[C@@H]1C[C@H]2CC[C@@H]1C2. The summed E-state index contributed by atoms with van der Waals surface area (Å²) >= 11 is 5.33. The maximum atomic E-state index is 5.33. The Bertz CT molecular complexity index is 257. The minimum Gasteiger partial charge on any atom is -0.360 e. The average molecular weight is 226 g/mol. The number of nitrogens with one attached hydrogen (secondary N) is 2. The first-order chi connectivity index (χ1) is 6.94. The smallest absolute Gasteiger partial charge is 0.166 e. The molecule has 2 nitrogen and oxygen atoms in total. The van der Waals surface area contributed by atoms with Gasteiger partial charge in [0.1, 0.15) is 0 Å². The van der Waals surface area contributed by atoms with Gasteiger partial charge in [0.15, 0.2) is 5.11 Å². The van der Waals surface area contributed by atoms with Crippen molar-refractivity contribution in [3.63, 3.8) is 0 Å². The van der Waals surface area contributed by atoms with Crippen molar-refractivity contribution in [2.75, 3.05) is 0 Å². The predicted octanol–water partition coefficient (Wildman–Crippen LogP) is 2.44. The van der Waals surface area contributed by atoms with Crippen LogP contribution in [-0.4, -0.2) is 16.7 Å². The molecule has 0 aromatic heterocycles. The molecule has 0 aliphatic heterocycles. The lowest BCUT2D eigenvalue weighted by Crippen LogP contribution is -2.50. The normalized spacial score (nSPS) is 34.2. The van der Waals surface area contributed by atoms with E-state index in [9.17, 15) is 0 Å². The number of fused-ring (bicyclic) bond motifs is 2. The number of hydrogen-bond donors (Lipinski definition) is 2. The highest BCUT2D eigenvalue weighted by atomic mass is 32.1. The van der Waals surface area contributed by atoms with E-state index in [4.69, 9.17) is 12.2 Å². The standard InChI is InChI=1S/C12H22N2S/c1-12(2,3)14-11(15)13-10-7-8-4-5-9(10)6-8/h8-10H,4-7H2,1-3H3,(H2,13,14,15)/t8-,9+,10+/m0/s1. The van der Waals surface area contributed by atoms with Gasteiger partial charge in [0.2, 0.25) is 0 Å². The Labute approximate surface area is 98.2 Å². The summed E-state index contributed by atoms with van der Waals surface area (Å²) in [5.74, 6) is 1.86. The van der Waals surface area contributed by atoms with E-state index in [1.165, 1.54) is 25.7 Å². The van der Waals surface area contributed by atoms with Gasteiger partial charge in [-0.2, -0.15) is 0 Å². The number of thiocarbonyl (C=S) groups is 1. The molecule has 2 saturated carbocycles. The zero-order chi connectivity index (χ0) is 11.1. The minimum absolute atomic E-state index is 0.0711. The minimum atomic E-state index is 0.0711. The summed E-state index contributed by atoms with van der Waals surface area (Å²) in [6.45, 7) is 6.42. The average Bonchev–Trinajstić information content (AvgIpc) is 2.60. The molecule has 0 unspecified atom stereocenters. The second-order valence-electron chi connectivity index (χ2n) is 6.13. The third-order valence-corrected chi connectivity index (χ3v) is 3.76. The van der Waals surface area contributed by atoms with E-state index < -0.39 is 0 Å². The summed E-state index contributed by atoms with van der Waals surface area (Å²) in [4.78, 5) is 0. The van der Waals surface area contributed by atoms with Gasteiger partial charge in [0, 0.05) is 11.6 Å². The van der Waals surface area contributed by atoms with Gasteiger partial charge >= 0.3 is 0 Å². The second-order valence-corrected chi connectivity index (χ2v) is 6.54. The molecule has 2 rings (SSSR count). The Balaban J connectivity index is 1.80. The van der Waals surface area contributed by atoms with Gasteiger partial charge in [-0.05, 0) is 64.1 Å². The van der Waals surface area contributed by atoms with Crippen molar-refractivity contribution in [3.8, 4) is 0 Å². The maximum Gasteiger partial charge on any atom is 0.166 e.